The van der Waals surface area contributed by atoms with Gasteiger partial charge in [-0.2, -0.15) is 0 Å². The molecule has 0 bridgehead atoms. The monoisotopic (exact) mass is 220 g/mol. The summed E-state index contributed by atoms with van der Waals surface area (Å²) >= 11 is 0. The van der Waals surface area contributed by atoms with E-state index in [9.17, 15) is 4.79 Å². The lowest BCUT2D eigenvalue weighted by Crippen LogP contribution is -2.39. The molecule has 1 aliphatic rings. The van der Waals surface area contributed by atoms with Gasteiger partial charge in [-0.25, -0.2) is 4.79 Å². The van der Waals surface area contributed by atoms with E-state index in [1.165, 1.54) is 11.1 Å². The maximum absolute atomic E-state index is 11.1. The van der Waals surface area contributed by atoms with Crippen LogP contribution in [0.1, 0.15) is 11.1 Å². The molecule has 1 amide bonds. The lowest BCUT2D eigenvalue weighted by atomic mass is 10.0. The quantitative estimate of drug-likeness (QED) is 0.798. The number of benzene rings is 1. The van der Waals surface area contributed by atoms with Crippen LogP contribution >= 0.6 is 0 Å². The van der Waals surface area contributed by atoms with Crippen molar-refractivity contribution in [3.05, 3.63) is 35.4 Å². The number of rotatable bonds is 3. The molecule has 1 heterocycles. The molecule has 1 aliphatic heterocycles. The predicted molar refractivity (Wildman–Crippen MR) is 61.1 cm³/mol. The summed E-state index contributed by atoms with van der Waals surface area (Å²) in [6.07, 6.45) is 0.190. The first-order chi connectivity index (χ1) is 7.69. The molecule has 3 N–H and O–H groups in total. The second-order valence-corrected chi connectivity index (χ2v) is 4.12. The minimum absolute atomic E-state index is 0.0759. The van der Waals surface area contributed by atoms with Crippen molar-refractivity contribution in [2.24, 2.45) is 5.73 Å². The van der Waals surface area contributed by atoms with Crippen LogP contribution in [-0.2, 0) is 11.2 Å². The first-order valence-corrected chi connectivity index (χ1v) is 5.42. The highest BCUT2D eigenvalue weighted by atomic mass is 16.6. The summed E-state index contributed by atoms with van der Waals surface area (Å²) in [7, 11) is 0. The highest BCUT2D eigenvalue weighted by molar-refractivity contribution is 5.70. The number of ether oxygens (including phenoxy) is 1. The van der Waals surface area contributed by atoms with Gasteiger partial charge in [-0.1, -0.05) is 29.8 Å². The summed E-state index contributed by atoms with van der Waals surface area (Å²) in [5.74, 6) is 0. The number of carbonyl (C=O) groups is 1. The second kappa shape index (κ2) is 4.53. The van der Waals surface area contributed by atoms with Gasteiger partial charge in [-0.15, -0.1) is 0 Å². The number of hydrogen-bond donors (Lipinski definition) is 2. The third-order valence-electron chi connectivity index (χ3n) is 2.78. The largest absolute Gasteiger partial charge is 0.444 e. The molecule has 16 heavy (non-hydrogen) atoms. The van der Waals surface area contributed by atoms with Crippen molar-refractivity contribution in [2.45, 2.75) is 25.5 Å². The fourth-order valence-electron chi connectivity index (χ4n) is 1.96. The normalized spacial score (nSPS) is 24.0. The molecule has 86 valence electrons. The number of cyclic esters (lactones) is 1. The molecule has 2 atom stereocenters. The Morgan fingerprint density at radius 3 is 3.00 bits per heavy atom. The van der Waals surface area contributed by atoms with E-state index in [-0.39, 0.29) is 18.2 Å². The van der Waals surface area contributed by atoms with E-state index in [1.54, 1.807) is 0 Å². The van der Waals surface area contributed by atoms with Crippen LogP contribution in [0.4, 0.5) is 4.79 Å². The van der Waals surface area contributed by atoms with E-state index in [2.05, 4.69) is 11.4 Å². The maximum Gasteiger partial charge on any atom is 0.407 e. The molecular weight excluding hydrogens is 204 g/mol. The lowest BCUT2D eigenvalue weighted by Gasteiger charge is -2.15. The maximum atomic E-state index is 11.1. The zero-order chi connectivity index (χ0) is 11.5. The third-order valence-corrected chi connectivity index (χ3v) is 2.78. The molecule has 0 aliphatic carbocycles. The van der Waals surface area contributed by atoms with Gasteiger partial charge in [-0.05, 0) is 12.5 Å². The first kappa shape index (κ1) is 11.0. The standard InChI is InChI=1S/C12H16N2O2/c1-8-3-2-4-9(5-8)6-11-10(7-13)14-12(15)16-11/h2-5,10-11H,6-7,13H2,1H3,(H,14,15). The van der Waals surface area contributed by atoms with Gasteiger partial charge in [0.1, 0.15) is 6.10 Å². The molecule has 4 heteroatoms. The highest BCUT2D eigenvalue weighted by Crippen LogP contribution is 2.15. The minimum atomic E-state index is -0.367. The Balaban J connectivity index is 2.06. The number of aryl methyl sites for hydroxylation is 1. The Morgan fingerprint density at radius 1 is 1.50 bits per heavy atom. The Kier molecular flexibility index (Phi) is 3.10. The van der Waals surface area contributed by atoms with Crippen LogP contribution in [0.15, 0.2) is 24.3 Å². The molecule has 0 radical (unpaired) electrons. The van der Waals surface area contributed by atoms with Gasteiger partial charge in [-0.3, -0.25) is 0 Å². The molecule has 1 saturated heterocycles. The van der Waals surface area contributed by atoms with Crippen LogP contribution in [0.5, 0.6) is 0 Å². The highest BCUT2D eigenvalue weighted by Gasteiger charge is 2.32. The van der Waals surface area contributed by atoms with Gasteiger partial charge in [0.05, 0.1) is 6.04 Å². The van der Waals surface area contributed by atoms with Crippen molar-refractivity contribution >= 4 is 6.09 Å². The van der Waals surface area contributed by atoms with Gasteiger partial charge in [0.2, 0.25) is 0 Å². The Labute approximate surface area is 94.8 Å². The van der Waals surface area contributed by atoms with Crippen LogP contribution in [0.3, 0.4) is 0 Å². The van der Waals surface area contributed by atoms with E-state index in [4.69, 9.17) is 10.5 Å². The second-order valence-electron chi connectivity index (χ2n) is 4.12. The summed E-state index contributed by atoms with van der Waals surface area (Å²) in [5, 5.41) is 2.70. The molecule has 0 saturated carbocycles. The van der Waals surface area contributed by atoms with E-state index in [0.717, 1.165) is 0 Å². The number of nitrogens with two attached hydrogens (primary N) is 1. The molecule has 1 aromatic carbocycles. The molecule has 2 rings (SSSR count). The van der Waals surface area contributed by atoms with Crippen LogP contribution in [0.25, 0.3) is 0 Å². The van der Waals surface area contributed by atoms with Gasteiger partial charge in [0, 0.05) is 13.0 Å². The molecule has 2 unspecified atom stereocenters. The lowest BCUT2D eigenvalue weighted by molar-refractivity contribution is 0.132. The van der Waals surface area contributed by atoms with Crippen LogP contribution in [0, 0.1) is 6.92 Å². The van der Waals surface area contributed by atoms with Crippen molar-refractivity contribution in [2.75, 3.05) is 6.54 Å². The van der Waals surface area contributed by atoms with E-state index < -0.39 is 0 Å². The Bertz CT molecular complexity index is 392. The van der Waals surface area contributed by atoms with Crippen LogP contribution in [0.2, 0.25) is 0 Å². The van der Waals surface area contributed by atoms with Gasteiger partial charge < -0.3 is 15.8 Å². The van der Waals surface area contributed by atoms with Crippen molar-refractivity contribution in [3.8, 4) is 0 Å². The van der Waals surface area contributed by atoms with Crippen molar-refractivity contribution in [1.82, 2.24) is 5.32 Å². The number of carbonyl (C=O) groups excluding carboxylic acids is 1. The van der Waals surface area contributed by atoms with E-state index in [1.807, 2.05) is 25.1 Å². The van der Waals surface area contributed by atoms with Gasteiger partial charge in [0.25, 0.3) is 0 Å². The average molecular weight is 220 g/mol. The average Bonchev–Trinajstić information content (AvgIpc) is 2.59. The molecule has 4 nitrogen and oxygen atoms in total. The number of alkyl carbamates (subject to hydrolysis) is 1. The topological polar surface area (TPSA) is 64.3 Å². The van der Waals surface area contributed by atoms with Crippen LogP contribution < -0.4 is 11.1 Å². The zero-order valence-corrected chi connectivity index (χ0v) is 9.27. The van der Waals surface area contributed by atoms with Crippen LogP contribution in [-0.4, -0.2) is 24.8 Å². The Morgan fingerprint density at radius 2 is 2.31 bits per heavy atom. The van der Waals surface area contributed by atoms with Crippen molar-refractivity contribution in [1.29, 1.82) is 0 Å². The third kappa shape index (κ3) is 2.33. The molecule has 1 aromatic rings. The number of nitrogens with one attached hydrogen (secondary N) is 1. The number of amides is 1. The summed E-state index contributed by atoms with van der Waals surface area (Å²) in [6.45, 7) is 2.45. The molecule has 0 aromatic heterocycles. The van der Waals surface area contributed by atoms with Gasteiger partial charge >= 0.3 is 6.09 Å². The molecule has 0 spiro atoms. The molecular formula is C12H16N2O2. The fourth-order valence-corrected chi connectivity index (χ4v) is 1.96. The predicted octanol–water partition coefficient (Wildman–Crippen LogP) is 0.973. The van der Waals surface area contributed by atoms with E-state index >= 15 is 0 Å². The fraction of sp³-hybridized carbons (Fsp3) is 0.417. The molecule has 1 fully saturated rings. The van der Waals surface area contributed by atoms with E-state index in [0.29, 0.717) is 13.0 Å². The van der Waals surface area contributed by atoms with Crippen molar-refractivity contribution in [3.63, 3.8) is 0 Å². The summed E-state index contributed by atoms with van der Waals surface area (Å²) in [4.78, 5) is 11.1. The SMILES string of the molecule is Cc1cccc(CC2OC(=O)NC2CN)c1. The zero-order valence-electron chi connectivity index (χ0n) is 9.27. The number of hydrogen-bond acceptors (Lipinski definition) is 3. The Hall–Kier alpha value is -1.55. The summed E-state index contributed by atoms with van der Waals surface area (Å²) in [6, 6.07) is 8.11. The van der Waals surface area contributed by atoms with Crippen molar-refractivity contribution < 1.29 is 9.53 Å². The minimum Gasteiger partial charge on any atom is -0.444 e. The smallest absolute Gasteiger partial charge is 0.407 e. The van der Waals surface area contributed by atoms with Gasteiger partial charge in [0.15, 0.2) is 0 Å². The summed E-state index contributed by atoms with van der Waals surface area (Å²) in [5.41, 5.74) is 7.95. The first-order valence-electron chi connectivity index (χ1n) is 5.42. The summed E-state index contributed by atoms with van der Waals surface area (Å²) < 4.78 is 5.18.